The van der Waals surface area contributed by atoms with E-state index in [1.54, 1.807) is 0 Å². The van der Waals surface area contributed by atoms with Crippen molar-refractivity contribution in [2.45, 2.75) is 33.1 Å². The lowest BCUT2D eigenvalue weighted by molar-refractivity contribution is 0.669. The molecule has 0 saturated carbocycles. The molecule has 0 N–H and O–H groups in total. The van der Waals surface area contributed by atoms with Crippen LogP contribution < -0.4 is 0 Å². The quantitative estimate of drug-likeness (QED) is 0.656. The predicted octanol–water partition coefficient (Wildman–Crippen LogP) is 1.84. The van der Waals surface area contributed by atoms with E-state index < -0.39 is 5.41 Å². The Morgan fingerprint density at radius 3 is 2.23 bits per heavy atom. The fourth-order valence-electron chi connectivity index (χ4n) is 1.73. The van der Waals surface area contributed by atoms with E-state index in [-0.39, 0.29) is 0 Å². The monoisotopic (exact) mass is 177 g/mol. The minimum absolute atomic E-state index is 0.442. The lowest BCUT2D eigenvalue weighted by Gasteiger charge is -2.15. The maximum absolute atomic E-state index is 9.02. The van der Waals surface area contributed by atoms with Crippen molar-refractivity contribution in [3.05, 3.63) is 17.0 Å². The van der Waals surface area contributed by atoms with Crippen LogP contribution >= 0.6 is 0 Å². The van der Waals surface area contributed by atoms with Crippen LogP contribution in [-0.4, -0.2) is 9.78 Å². The van der Waals surface area contributed by atoms with Crippen molar-refractivity contribution < 1.29 is 0 Å². The summed E-state index contributed by atoms with van der Waals surface area (Å²) in [5, 5.41) is 13.3. The van der Waals surface area contributed by atoms with Crippen molar-refractivity contribution >= 4 is 0 Å². The summed E-state index contributed by atoms with van der Waals surface area (Å²) in [6.45, 7) is 7.78. The maximum Gasteiger partial charge on any atom is 0.0802 e. The molecule has 0 spiro atoms. The minimum Gasteiger partial charge on any atom is -0.272 e. The second kappa shape index (κ2) is 2.88. The van der Waals surface area contributed by atoms with Crippen LogP contribution in [0.5, 0.6) is 0 Å². The molecular weight excluding hydrogens is 162 g/mol. The van der Waals surface area contributed by atoms with Crippen LogP contribution in [0.15, 0.2) is 0 Å². The summed E-state index contributed by atoms with van der Waals surface area (Å²) >= 11 is 0. The lowest BCUT2D eigenvalue weighted by Crippen LogP contribution is -2.16. The third kappa shape index (κ3) is 1.44. The van der Waals surface area contributed by atoms with Gasteiger partial charge in [-0.2, -0.15) is 10.4 Å². The topological polar surface area (TPSA) is 41.6 Å². The molecule has 0 radical (unpaired) electrons. The average molecular weight is 177 g/mol. The Labute approximate surface area is 79.0 Å². The molecule has 3 nitrogen and oxygen atoms in total. The molecule has 0 aromatic carbocycles. The third-order valence-corrected chi connectivity index (χ3v) is 2.41. The molecule has 13 heavy (non-hydrogen) atoms. The van der Waals surface area contributed by atoms with Crippen LogP contribution in [0.2, 0.25) is 0 Å². The van der Waals surface area contributed by atoms with Gasteiger partial charge in [-0.25, -0.2) is 0 Å². The van der Waals surface area contributed by atoms with Gasteiger partial charge in [0.05, 0.1) is 17.2 Å². The van der Waals surface area contributed by atoms with Gasteiger partial charge in [-0.3, -0.25) is 4.68 Å². The first-order valence-electron chi connectivity index (χ1n) is 4.32. The van der Waals surface area contributed by atoms with E-state index in [9.17, 15) is 0 Å². The highest BCUT2D eigenvalue weighted by Crippen LogP contribution is 2.27. The standard InChI is InChI=1S/C10H15N3/c1-7-9(10(3,4)6-11)8(2)13(5)12-7/h1-5H3. The van der Waals surface area contributed by atoms with E-state index in [2.05, 4.69) is 11.2 Å². The van der Waals surface area contributed by atoms with Gasteiger partial charge in [0.2, 0.25) is 0 Å². The average Bonchev–Trinajstić information content (AvgIpc) is 2.27. The highest BCUT2D eigenvalue weighted by atomic mass is 15.3. The molecule has 3 heteroatoms. The summed E-state index contributed by atoms with van der Waals surface area (Å²) in [7, 11) is 1.90. The van der Waals surface area contributed by atoms with Crippen molar-refractivity contribution in [2.24, 2.45) is 7.05 Å². The van der Waals surface area contributed by atoms with Crippen LogP contribution in [0.3, 0.4) is 0 Å². The fourth-order valence-corrected chi connectivity index (χ4v) is 1.73. The maximum atomic E-state index is 9.02. The van der Waals surface area contributed by atoms with Gasteiger partial charge in [-0.15, -0.1) is 0 Å². The number of aryl methyl sites for hydroxylation is 2. The molecule has 0 aliphatic rings. The van der Waals surface area contributed by atoms with Gasteiger partial charge in [0, 0.05) is 18.3 Å². The summed E-state index contributed by atoms with van der Waals surface area (Å²) in [6.07, 6.45) is 0. The molecule has 0 bridgehead atoms. The normalized spacial score (nSPS) is 11.4. The molecule has 70 valence electrons. The van der Waals surface area contributed by atoms with Gasteiger partial charge in [-0.1, -0.05) is 0 Å². The van der Waals surface area contributed by atoms with Crippen LogP contribution in [0.4, 0.5) is 0 Å². The van der Waals surface area contributed by atoms with Gasteiger partial charge >= 0.3 is 0 Å². The van der Waals surface area contributed by atoms with E-state index in [0.717, 1.165) is 17.0 Å². The Morgan fingerprint density at radius 1 is 1.38 bits per heavy atom. The molecule has 0 amide bonds. The fraction of sp³-hybridized carbons (Fsp3) is 0.600. The minimum atomic E-state index is -0.442. The number of hydrogen-bond acceptors (Lipinski definition) is 2. The molecule has 1 aromatic rings. The van der Waals surface area contributed by atoms with E-state index in [1.807, 2.05) is 39.4 Å². The van der Waals surface area contributed by atoms with Crippen LogP contribution in [0, 0.1) is 25.2 Å². The molecule has 0 unspecified atom stereocenters. The zero-order valence-corrected chi connectivity index (χ0v) is 8.84. The largest absolute Gasteiger partial charge is 0.272 e. The summed E-state index contributed by atoms with van der Waals surface area (Å²) < 4.78 is 1.82. The second-order valence-electron chi connectivity index (χ2n) is 3.91. The zero-order valence-electron chi connectivity index (χ0n) is 8.84. The van der Waals surface area contributed by atoms with Gasteiger partial charge < -0.3 is 0 Å². The first-order valence-corrected chi connectivity index (χ1v) is 4.32. The predicted molar refractivity (Wildman–Crippen MR) is 51.3 cm³/mol. The molecular formula is C10H15N3. The van der Waals surface area contributed by atoms with Crippen LogP contribution in [0.1, 0.15) is 30.8 Å². The van der Waals surface area contributed by atoms with Crippen LogP contribution in [-0.2, 0) is 12.5 Å². The first-order chi connectivity index (χ1) is 5.90. The van der Waals surface area contributed by atoms with E-state index in [4.69, 9.17) is 5.26 Å². The van der Waals surface area contributed by atoms with Gasteiger partial charge in [0.25, 0.3) is 0 Å². The van der Waals surface area contributed by atoms with Gasteiger partial charge in [0.1, 0.15) is 0 Å². The Morgan fingerprint density at radius 2 is 1.92 bits per heavy atom. The van der Waals surface area contributed by atoms with Crippen molar-refractivity contribution in [1.82, 2.24) is 9.78 Å². The molecule has 0 fully saturated rings. The highest BCUT2D eigenvalue weighted by Gasteiger charge is 2.26. The number of nitriles is 1. The Balaban J connectivity index is 3.39. The Hall–Kier alpha value is -1.30. The number of aromatic nitrogens is 2. The third-order valence-electron chi connectivity index (χ3n) is 2.41. The zero-order chi connectivity index (χ0) is 10.2. The van der Waals surface area contributed by atoms with Gasteiger partial charge in [0.15, 0.2) is 0 Å². The summed E-state index contributed by atoms with van der Waals surface area (Å²) in [6, 6.07) is 2.30. The van der Waals surface area contributed by atoms with E-state index in [0.29, 0.717) is 0 Å². The number of nitrogens with zero attached hydrogens (tertiary/aromatic N) is 3. The lowest BCUT2D eigenvalue weighted by atomic mass is 9.85. The molecule has 0 atom stereocenters. The van der Waals surface area contributed by atoms with E-state index >= 15 is 0 Å². The smallest absolute Gasteiger partial charge is 0.0802 e. The Bertz CT molecular complexity index is 366. The second-order valence-corrected chi connectivity index (χ2v) is 3.91. The first kappa shape index (κ1) is 9.79. The van der Waals surface area contributed by atoms with Crippen molar-refractivity contribution in [2.75, 3.05) is 0 Å². The molecule has 1 rings (SSSR count). The summed E-state index contributed by atoms with van der Waals surface area (Å²) in [5.74, 6) is 0. The SMILES string of the molecule is Cc1nn(C)c(C)c1C(C)(C)C#N. The Kier molecular flexibility index (Phi) is 2.17. The molecule has 1 aromatic heterocycles. The van der Waals surface area contributed by atoms with Crippen molar-refractivity contribution in [3.63, 3.8) is 0 Å². The molecule has 0 saturated heterocycles. The molecule has 1 heterocycles. The highest BCUT2D eigenvalue weighted by molar-refractivity contribution is 5.36. The van der Waals surface area contributed by atoms with Crippen LogP contribution in [0.25, 0.3) is 0 Å². The molecule has 0 aliphatic carbocycles. The van der Waals surface area contributed by atoms with E-state index in [1.165, 1.54) is 0 Å². The number of rotatable bonds is 1. The van der Waals surface area contributed by atoms with Crippen molar-refractivity contribution in [3.8, 4) is 6.07 Å². The molecule has 0 aliphatic heterocycles. The summed E-state index contributed by atoms with van der Waals surface area (Å²) in [4.78, 5) is 0. The van der Waals surface area contributed by atoms with Gasteiger partial charge in [-0.05, 0) is 27.7 Å². The van der Waals surface area contributed by atoms with Crippen molar-refractivity contribution in [1.29, 1.82) is 5.26 Å². The summed E-state index contributed by atoms with van der Waals surface area (Å²) in [5.41, 5.74) is 2.63. The number of hydrogen-bond donors (Lipinski definition) is 0.